The summed E-state index contributed by atoms with van der Waals surface area (Å²) in [6.07, 6.45) is 2.09. The Bertz CT molecular complexity index is 1030. The molecule has 0 spiro atoms. The van der Waals surface area contributed by atoms with Gasteiger partial charge in [-0.05, 0) is 36.8 Å². The van der Waals surface area contributed by atoms with E-state index < -0.39 is 47.9 Å². The average molecular weight is 474 g/mol. The maximum atomic E-state index is 12.7. The maximum Gasteiger partial charge on any atom is 0.326 e. The summed E-state index contributed by atoms with van der Waals surface area (Å²) in [5.74, 6) is -3.46. The Kier molecular flexibility index (Phi) is 9.19. The minimum atomic E-state index is -1.15. The van der Waals surface area contributed by atoms with Crippen LogP contribution < -0.4 is 21.7 Å². The lowest BCUT2D eigenvalue weighted by Gasteiger charge is -2.27. The van der Waals surface area contributed by atoms with E-state index in [4.69, 9.17) is 5.73 Å². The number of carboxylic acid groups (broad SMARTS) is 1. The van der Waals surface area contributed by atoms with Crippen LogP contribution >= 0.6 is 0 Å². The number of carbonyl (C=O) groups is 4. The van der Waals surface area contributed by atoms with Crippen molar-refractivity contribution in [3.8, 4) is 0 Å². The van der Waals surface area contributed by atoms with E-state index in [1.807, 2.05) is 24.3 Å². The van der Waals surface area contributed by atoms with Gasteiger partial charge in [-0.2, -0.15) is 0 Å². The van der Waals surface area contributed by atoms with Crippen molar-refractivity contribution in [3.63, 3.8) is 0 Å². The third-order valence-corrected chi connectivity index (χ3v) is 5.68. The molecule has 0 radical (unpaired) electrons. The molecule has 10 nitrogen and oxygen atoms in total. The van der Waals surface area contributed by atoms with Gasteiger partial charge >= 0.3 is 5.97 Å². The molecule has 34 heavy (non-hydrogen) atoms. The molecule has 7 N–H and O–H groups in total. The second kappa shape index (κ2) is 11.6. The molecule has 1 heterocycles. The summed E-state index contributed by atoms with van der Waals surface area (Å²) in [6.45, 7) is 8.32. The molecule has 4 unspecified atom stereocenters. The first-order valence-electron chi connectivity index (χ1n) is 11.4. The van der Waals surface area contributed by atoms with Gasteiger partial charge in [0.2, 0.25) is 17.7 Å². The van der Waals surface area contributed by atoms with Crippen LogP contribution in [-0.4, -0.2) is 57.9 Å². The number of amides is 3. The zero-order valence-corrected chi connectivity index (χ0v) is 20.2. The largest absolute Gasteiger partial charge is 0.480 e. The van der Waals surface area contributed by atoms with Crippen molar-refractivity contribution in [2.24, 2.45) is 17.6 Å². The first kappa shape index (κ1) is 26.8. The van der Waals surface area contributed by atoms with E-state index in [1.165, 1.54) is 6.92 Å². The van der Waals surface area contributed by atoms with Gasteiger partial charge < -0.3 is 31.8 Å². The van der Waals surface area contributed by atoms with E-state index in [2.05, 4.69) is 20.9 Å². The van der Waals surface area contributed by atoms with Gasteiger partial charge in [-0.15, -0.1) is 0 Å². The molecule has 186 valence electrons. The molecule has 0 saturated heterocycles. The van der Waals surface area contributed by atoms with Crippen molar-refractivity contribution in [2.45, 2.75) is 65.2 Å². The normalized spacial score (nSPS) is 14.9. The van der Waals surface area contributed by atoms with E-state index in [9.17, 15) is 24.3 Å². The van der Waals surface area contributed by atoms with Crippen molar-refractivity contribution in [3.05, 3.63) is 36.0 Å². The lowest BCUT2D eigenvalue weighted by molar-refractivity contribution is -0.143. The molecule has 3 amide bonds. The van der Waals surface area contributed by atoms with Crippen LogP contribution in [-0.2, 0) is 25.6 Å². The standard InChI is InChI=1S/C24H35N5O5/c1-12(2)19(23(32)29-20(13(3)4)24(33)34)28-21(30)14(5)27-22(31)17(25)10-15-11-26-18-9-7-6-8-16(15)18/h6-9,11-14,17,19-20,26H,10,25H2,1-5H3,(H,27,31)(H,28,30)(H,29,32)(H,33,34). The van der Waals surface area contributed by atoms with Crippen LogP contribution in [0.25, 0.3) is 10.9 Å². The lowest BCUT2D eigenvalue weighted by Crippen LogP contribution is -2.58. The highest BCUT2D eigenvalue weighted by molar-refractivity contribution is 5.94. The van der Waals surface area contributed by atoms with E-state index in [1.54, 1.807) is 33.9 Å². The molecule has 10 heteroatoms. The van der Waals surface area contributed by atoms with Gasteiger partial charge in [-0.25, -0.2) is 4.79 Å². The third kappa shape index (κ3) is 6.80. The summed E-state index contributed by atoms with van der Waals surface area (Å²) >= 11 is 0. The molecule has 0 aliphatic rings. The number of carbonyl (C=O) groups excluding carboxylic acids is 3. The number of benzene rings is 1. The van der Waals surface area contributed by atoms with Crippen molar-refractivity contribution in [1.29, 1.82) is 0 Å². The topological polar surface area (TPSA) is 166 Å². The van der Waals surface area contributed by atoms with E-state index in [-0.39, 0.29) is 18.3 Å². The molecule has 2 aromatic rings. The highest BCUT2D eigenvalue weighted by Gasteiger charge is 2.31. The molecular formula is C24H35N5O5. The monoisotopic (exact) mass is 473 g/mol. The van der Waals surface area contributed by atoms with E-state index in [0.29, 0.717) is 0 Å². The number of aromatic nitrogens is 1. The number of H-pyrrole nitrogens is 1. The third-order valence-electron chi connectivity index (χ3n) is 5.68. The summed E-state index contributed by atoms with van der Waals surface area (Å²) < 4.78 is 0. The molecule has 0 aliphatic carbocycles. The summed E-state index contributed by atoms with van der Waals surface area (Å²) in [5, 5.41) is 18.0. The number of aromatic amines is 1. The number of aliphatic carboxylic acids is 1. The van der Waals surface area contributed by atoms with Gasteiger partial charge in [0.1, 0.15) is 18.1 Å². The van der Waals surface area contributed by atoms with Gasteiger partial charge in [-0.1, -0.05) is 45.9 Å². The number of fused-ring (bicyclic) bond motifs is 1. The molecule has 0 saturated carbocycles. The van der Waals surface area contributed by atoms with E-state index >= 15 is 0 Å². The predicted octanol–water partition coefficient (Wildman–Crippen LogP) is 0.909. The fourth-order valence-corrected chi connectivity index (χ4v) is 3.59. The van der Waals surface area contributed by atoms with Crippen LogP contribution in [0.1, 0.15) is 40.2 Å². The van der Waals surface area contributed by atoms with Crippen LogP contribution in [0.3, 0.4) is 0 Å². The maximum absolute atomic E-state index is 12.7. The SMILES string of the molecule is CC(NC(=O)C(N)Cc1c[nH]c2ccccc12)C(=O)NC(C(=O)NC(C(=O)O)C(C)C)C(C)C. The first-order chi connectivity index (χ1) is 15.9. The van der Waals surface area contributed by atoms with Crippen molar-refractivity contribution >= 4 is 34.6 Å². The fraction of sp³-hybridized carbons (Fsp3) is 0.500. The van der Waals surface area contributed by atoms with Crippen LogP contribution in [0.2, 0.25) is 0 Å². The molecule has 1 aromatic carbocycles. The van der Waals surface area contributed by atoms with Crippen LogP contribution in [0.5, 0.6) is 0 Å². The number of nitrogens with one attached hydrogen (secondary N) is 4. The molecule has 2 rings (SSSR count). The Morgan fingerprint density at radius 3 is 2.06 bits per heavy atom. The molecular weight excluding hydrogens is 438 g/mol. The Morgan fingerprint density at radius 2 is 1.47 bits per heavy atom. The summed E-state index contributed by atoms with van der Waals surface area (Å²) in [5.41, 5.74) is 7.92. The minimum absolute atomic E-state index is 0.285. The number of nitrogens with two attached hydrogens (primary N) is 1. The van der Waals surface area contributed by atoms with Crippen molar-refractivity contribution < 1.29 is 24.3 Å². The highest BCUT2D eigenvalue weighted by atomic mass is 16.4. The molecule has 0 fully saturated rings. The molecule has 0 bridgehead atoms. The smallest absolute Gasteiger partial charge is 0.326 e. The van der Waals surface area contributed by atoms with Crippen LogP contribution in [0.15, 0.2) is 30.5 Å². The van der Waals surface area contributed by atoms with E-state index in [0.717, 1.165) is 16.5 Å². The lowest BCUT2D eigenvalue weighted by atomic mass is 10.00. The zero-order chi connectivity index (χ0) is 25.6. The van der Waals surface area contributed by atoms with Gasteiger partial charge in [0.05, 0.1) is 6.04 Å². The number of para-hydroxylation sites is 1. The fourth-order valence-electron chi connectivity index (χ4n) is 3.59. The molecule has 1 aromatic heterocycles. The Morgan fingerprint density at radius 1 is 0.882 bits per heavy atom. The Labute approximate surface area is 199 Å². The van der Waals surface area contributed by atoms with Gasteiger partial charge in [0, 0.05) is 17.1 Å². The summed E-state index contributed by atoms with van der Waals surface area (Å²) in [4.78, 5) is 52.5. The number of hydrogen-bond donors (Lipinski definition) is 6. The average Bonchev–Trinajstić information content (AvgIpc) is 3.17. The van der Waals surface area contributed by atoms with Gasteiger partial charge in [0.25, 0.3) is 0 Å². The minimum Gasteiger partial charge on any atom is -0.480 e. The summed E-state index contributed by atoms with van der Waals surface area (Å²) in [7, 11) is 0. The zero-order valence-electron chi connectivity index (χ0n) is 20.2. The second-order valence-corrected chi connectivity index (χ2v) is 9.20. The number of carboxylic acids is 1. The van der Waals surface area contributed by atoms with Crippen LogP contribution in [0, 0.1) is 11.8 Å². The highest BCUT2D eigenvalue weighted by Crippen LogP contribution is 2.18. The van der Waals surface area contributed by atoms with Crippen molar-refractivity contribution in [2.75, 3.05) is 0 Å². The molecule has 0 aliphatic heterocycles. The summed E-state index contributed by atoms with van der Waals surface area (Å²) in [6, 6.07) is 3.81. The second-order valence-electron chi connectivity index (χ2n) is 9.20. The van der Waals surface area contributed by atoms with Gasteiger partial charge in [-0.3, -0.25) is 14.4 Å². The number of rotatable bonds is 11. The molecule has 4 atom stereocenters. The Hall–Kier alpha value is -3.40. The Balaban J connectivity index is 1.97. The number of hydrogen-bond acceptors (Lipinski definition) is 5. The first-order valence-corrected chi connectivity index (χ1v) is 11.4. The van der Waals surface area contributed by atoms with Crippen molar-refractivity contribution in [1.82, 2.24) is 20.9 Å². The van der Waals surface area contributed by atoms with Crippen LogP contribution in [0.4, 0.5) is 0 Å². The van der Waals surface area contributed by atoms with Gasteiger partial charge in [0.15, 0.2) is 0 Å². The predicted molar refractivity (Wildman–Crippen MR) is 129 cm³/mol. The quantitative estimate of drug-likeness (QED) is 0.284.